The zero-order valence-corrected chi connectivity index (χ0v) is 12.4. The summed E-state index contributed by atoms with van der Waals surface area (Å²) in [6.45, 7) is 3.99. The fourth-order valence-electron chi connectivity index (χ4n) is 2.35. The lowest BCUT2D eigenvalue weighted by atomic mass is 9.75. The maximum atomic E-state index is 12.5. The number of esters is 1. The molecule has 0 fully saturated rings. The van der Waals surface area contributed by atoms with Crippen LogP contribution in [0.5, 0.6) is 0 Å². The molecule has 0 aromatic heterocycles. The molecule has 0 spiro atoms. The second-order valence-corrected chi connectivity index (χ2v) is 6.24. The van der Waals surface area contributed by atoms with Crippen LogP contribution in [0.25, 0.3) is 0 Å². The van der Waals surface area contributed by atoms with Gasteiger partial charge in [-0.15, -0.1) is 4.90 Å². The van der Waals surface area contributed by atoms with Gasteiger partial charge in [0.05, 0.1) is 12.5 Å². The van der Waals surface area contributed by atoms with Crippen LogP contribution < -0.4 is 0 Å². The first kappa shape index (κ1) is 20.0. The number of carbonyl (C=O) groups is 1. The summed E-state index contributed by atoms with van der Waals surface area (Å²) in [6.07, 6.45) is -11.3. The smallest absolute Gasteiger partial charge is 0.467 e. The zero-order valence-electron chi connectivity index (χ0n) is 12.4. The van der Waals surface area contributed by atoms with Crippen LogP contribution in [0.3, 0.4) is 0 Å². The molecule has 0 saturated carbocycles. The highest BCUT2D eigenvalue weighted by Crippen LogP contribution is 2.41. The van der Waals surface area contributed by atoms with Crippen LogP contribution in [0.4, 0.5) is 26.3 Å². The van der Waals surface area contributed by atoms with Gasteiger partial charge in [0.1, 0.15) is 0 Å². The first-order chi connectivity index (χ1) is 9.03. The highest BCUT2D eigenvalue weighted by molar-refractivity contribution is 5.75. The summed E-state index contributed by atoms with van der Waals surface area (Å²) < 4.78 is 79.6. The average molecular weight is 323 g/mol. The van der Waals surface area contributed by atoms with E-state index in [9.17, 15) is 31.1 Å². The minimum atomic E-state index is -5.54. The van der Waals surface area contributed by atoms with Crippen molar-refractivity contribution in [1.82, 2.24) is 4.90 Å². The van der Waals surface area contributed by atoms with Crippen molar-refractivity contribution in [1.29, 1.82) is 0 Å². The molecule has 126 valence electrons. The number of nitrogens with zero attached hydrogens (tertiary/aromatic N) is 1. The van der Waals surface area contributed by atoms with Gasteiger partial charge < -0.3 is 4.74 Å². The van der Waals surface area contributed by atoms with Crippen molar-refractivity contribution in [3.8, 4) is 0 Å². The lowest BCUT2D eigenvalue weighted by Crippen LogP contribution is -2.52. The van der Waals surface area contributed by atoms with E-state index in [1.165, 1.54) is 27.7 Å². The Morgan fingerprint density at radius 2 is 1.33 bits per heavy atom. The molecule has 0 atom stereocenters. The van der Waals surface area contributed by atoms with E-state index in [0.29, 0.717) is 0 Å². The summed E-state index contributed by atoms with van der Waals surface area (Å²) in [6, 6.07) is 0. The van der Waals surface area contributed by atoms with Gasteiger partial charge >= 0.3 is 18.6 Å². The van der Waals surface area contributed by atoms with E-state index < -0.39 is 40.8 Å². The van der Waals surface area contributed by atoms with Gasteiger partial charge in [-0.2, -0.15) is 26.3 Å². The van der Waals surface area contributed by atoms with Crippen LogP contribution in [0.2, 0.25) is 0 Å². The molecule has 0 bridgehead atoms. The third-order valence-electron chi connectivity index (χ3n) is 2.86. The van der Waals surface area contributed by atoms with Crippen LogP contribution in [0.1, 0.15) is 34.1 Å². The molecule has 0 saturated heterocycles. The van der Waals surface area contributed by atoms with Crippen molar-refractivity contribution in [3.63, 3.8) is 0 Å². The SMILES string of the molecule is COC(=O)C(C)(C)CC(C)(C)CN(C(F)(F)F)C(F)(F)F. The third kappa shape index (κ3) is 6.11. The van der Waals surface area contributed by atoms with Crippen molar-refractivity contribution in [2.45, 2.75) is 46.7 Å². The van der Waals surface area contributed by atoms with Crippen LogP contribution in [0, 0.1) is 10.8 Å². The van der Waals surface area contributed by atoms with E-state index in [-0.39, 0.29) is 6.42 Å². The molecule has 0 aromatic rings. The molecule has 0 heterocycles. The molecule has 0 unspecified atom stereocenters. The predicted molar refractivity (Wildman–Crippen MR) is 63.0 cm³/mol. The second-order valence-electron chi connectivity index (χ2n) is 6.24. The number of hydrogen-bond acceptors (Lipinski definition) is 3. The van der Waals surface area contributed by atoms with Crippen molar-refractivity contribution in [2.75, 3.05) is 13.7 Å². The largest absolute Gasteiger partial charge is 0.469 e. The van der Waals surface area contributed by atoms with Gasteiger partial charge in [-0.05, 0) is 25.7 Å². The van der Waals surface area contributed by atoms with Gasteiger partial charge in [-0.1, -0.05) is 13.8 Å². The number of rotatable bonds is 5. The van der Waals surface area contributed by atoms with Crippen LogP contribution in [-0.2, 0) is 9.53 Å². The summed E-state index contributed by atoms with van der Waals surface area (Å²) in [4.78, 5) is 10.0. The minimum absolute atomic E-state index is 0.199. The van der Waals surface area contributed by atoms with Crippen molar-refractivity contribution in [2.24, 2.45) is 10.8 Å². The Labute approximate surface area is 119 Å². The fourth-order valence-corrected chi connectivity index (χ4v) is 2.35. The van der Waals surface area contributed by atoms with E-state index in [0.717, 1.165) is 7.11 Å². The van der Waals surface area contributed by atoms with Crippen molar-refractivity contribution < 1.29 is 35.9 Å². The van der Waals surface area contributed by atoms with Crippen LogP contribution in [0.15, 0.2) is 0 Å². The number of hydrogen-bond donors (Lipinski definition) is 0. The normalized spacial score (nSPS) is 14.5. The maximum Gasteiger partial charge on any atom is 0.467 e. The minimum Gasteiger partial charge on any atom is -0.469 e. The third-order valence-corrected chi connectivity index (χ3v) is 2.86. The van der Waals surface area contributed by atoms with E-state index >= 15 is 0 Å². The standard InChI is InChI=1S/C12H19F6NO2/c1-9(2,6-10(3,4)8(20)21-5)7-19(11(13,14)15)12(16,17)18/h6-7H2,1-5H3. The van der Waals surface area contributed by atoms with Gasteiger partial charge in [0.25, 0.3) is 0 Å². The van der Waals surface area contributed by atoms with Crippen LogP contribution in [-0.4, -0.2) is 37.1 Å². The molecule has 0 radical (unpaired) electrons. The van der Waals surface area contributed by atoms with Crippen LogP contribution >= 0.6 is 0 Å². The summed E-state index contributed by atoms with van der Waals surface area (Å²) >= 11 is 0. The first-order valence-corrected chi connectivity index (χ1v) is 6.02. The Hall–Kier alpha value is -0.990. The molecule has 0 rings (SSSR count). The topological polar surface area (TPSA) is 29.5 Å². The summed E-state index contributed by atoms with van der Waals surface area (Å²) in [5.41, 5.74) is -2.61. The Kier molecular flexibility index (Phi) is 5.73. The van der Waals surface area contributed by atoms with Crippen molar-refractivity contribution in [3.05, 3.63) is 0 Å². The molecule has 0 aliphatic heterocycles. The quantitative estimate of drug-likeness (QED) is 0.436. The highest BCUT2D eigenvalue weighted by atomic mass is 19.4. The molecular weight excluding hydrogens is 304 g/mol. The molecule has 0 aliphatic carbocycles. The van der Waals surface area contributed by atoms with Gasteiger partial charge in [0.2, 0.25) is 0 Å². The fraction of sp³-hybridized carbons (Fsp3) is 0.917. The predicted octanol–water partition coefficient (Wildman–Crippen LogP) is 3.94. The monoisotopic (exact) mass is 323 g/mol. The molecule has 0 aromatic carbocycles. The summed E-state index contributed by atoms with van der Waals surface area (Å²) in [5, 5.41) is 0. The summed E-state index contributed by atoms with van der Waals surface area (Å²) in [5.74, 6) is -0.693. The van der Waals surface area contributed by atoms with E-state index in [4.69, 9.17) is 0 Å². The van der Waals surface area contributed by atoms with Gasteiger partial charge in [-0.3, -0.25) is 4.79 Å². The highest BCUT2D eigenvalue weighted by Gasteiger charge is 2.55. The average Bonchev–Trinajstić information content (AvgIpc) is 2.20. The Balaban J connectivity index is 5.21. The molecule has 0 N–H and O–H groups in total. The molecule has 0 aliphatic rings. The number of ether oxygens (including phenoxy) is 1. The number of methoxy groups -OCH3 is 1. The molecule has 3 nitrogen and oxygen atoms in total. The zero-order chi connectivity index (χ0) is 17.3. The van der Waals surface area contributed by atoms with Gasteiger partial charge in [0, 0.05) is 6.54 Å². The summed E-state index contributed by atoms with van der Waals surface area (Å²) in [7, 11) is 1.11. The van der Waals surface area contributed by atoms with Gasteiger partial charge in [-0.25, -0.2) is 0 Å². The van der Waals surface area contributed by atoms with Gasteiger partial charge in [0.15, 0.2) is 0 Å². The number of carbonyl (C=O) groups excluding carboxylic acids is 1. The lowest BCUT2D eigenvalue weighted by molar-refractivity contribution is -0.378. The second kappa shape index (κ2) is 6.02. The van der Waals surface area contributed by atoms with E-state index in [1.54, 1.807) is 0 Å². The Bertz CT molecular complexity index is 359. The Morgan fingerprint density at radius 3 is 1.62 bits per heavy atom. The number of alkyl halides is 6. The van der Waals surface area contributed by atoms with Crippen molar-refractivity contribution >= 4 is 5.97 Å². The van der Waals surface area contributed by atoms with E-state index in [2.05, 4.69) is 4.74 Å². The molecule has 0 amide bonds. The lowest BCUT2D eigenvalue weighted by Gasteiger charge is -2.38. The number of halogens is 6. The molecular formula is C12H19F6NO2. The maximum absolute atomic E-state index is 12.5. The first-order valence-electron chi connectivity index (χ1n) is 6.02. The molecule has 21 heavy (non-hydrogen) atoms. The van der Waals surface area contributed by atoms with E-state index in [1.807, 2.05) is 0 Å². The Morgan fingerprint density at radius 1 is 0.952 bits per heavy atom. The molecule has 9 heteroatoms.